The van der Waals surface area contributed by atoms with Gasteiger partial charge in [0.05, 0.1) is 11.7 Å². The summed E-state index contributed by atoms with van der Waals surface area (Å²) < 4.78 is 5.25. The molecule has 4 heteroatoms. The molecule has 0 fully saturated rings. The second kappa shape index (κ2) is 4.55. The number of cyclic esters (lactones) is 1. The number of carbonyl (C=O) groups is 1. The Kier molecular flexibility index (Phi) is 3.30. The van der Waals surface area contributed by atoms with Gasteiger partial charge in [-0.05, 0) is 31.3 Å². The maximum absolute atomic E-state index is 11.6. The molecular formula is C12H18O4. The van der Waals surface area contributed by atoms with Gasteiger partial charge in [0.15, 0.2) is 0 Å². The number of carbonyl (C=O) groups excluding carboxylic acids is 1. The van der Waals surface area contributed by atoms with Crippen LogP contribution in [0.5, 0.6) is 0 Å². The Balaban J connectivity index is 2.17. The van der Waals surface area contributed by atoms with Crippen molar-refractivity contribution in [3.8, 4) is 0 Å². The van der Waals surface area contributed by atoms with E-state index >= 15 is 0 Å². The summed E-state index contributed by atoms with van der Waals surface area (Å²) in [6.45, 7) is 2.09. The van der Waals surface area contributed by atoms with Crippen LogP contribution in [0.15, 0.2) is 11.1 Å². The second-order valence-electron chi connectivity index (χ2n) is 4.53. The number of ether oxygens (including phenoxy) is 1. The van der Waals surface area contributed by atoms with Gasteiger partial charge in [-0.3, -0.25) is 0 Å². The van der Waals surface area contributed by atoms with Gasteiger partial charge in [-0.15, -0.1) is 0 Å². The predicted octanol–water partition coefficient (Wildman–Crippen LogP) is 0.914. The molecule has 0 radical (unpaired) electrons. The third-order valence-electron chi connectivity index (χ3n) is 3.39. The molecule has 0 spiro atoms. The van der Waals surface area contributed by atoms with E-state index in [-0.39, 0.29) is 6.10 Å². The summed E-state index contributed by atoms with van der Waals surface area (Å²) in [5.41, 5.74) is 1.23. The topological polar surface area (TPSA) is 66.8 Å². The van der Waals surface area contributed by atoms with Crippen LogP contribution in [0, 0.1) is 0 Å². The van der Waals surface area contributed by atoms with Crippen LogP contribution >= 0.6 is 0 Å². The molecule has 0 aromatic heterocycles. The van der Waals surface area contributed by atoms with Crippen LogP contribution in [0.25, 0.3) is 0 Å². The molecule has 1 heterocycles. The van der Waals surface area contributed by atoms with E-state index < -0.39 is 18.2 Å². The van der Waals surface area contributed by atoms with Crippen LogP contribution in [0.2, 0.25) is 0 Å². The summed E-state index contributed by atoms with van der Waals surface area (Å²) in [4.78, 5) is 11.6. The quantitative estimate of drug-likeness (QED) is 0.702. The van der Waals surface area contributed by atoms with Gasteiger partial charge in [0, 0.05) is 0 Å². The summed E-state index contributed by atoms with van der Waals surface area (Å²) >= 11 is 0. The number of rotatable bonds is 3. The lowest BCUT2D eigenvalue weighted by Crippen LogP contribution is -2.33. The van der Waals surface area contributed by atoms with Gasteiger partial charge in [-0.2, -0.15) is 0 Å². The average molecular weight is 226 g/mol. The monoisotopic (exact) mass is 226 g/mol. The Labute approximate surface area is 94.9 Å². The van der Waals surface area contributed by atoms with Crippen molar-refractivity contribution >= 4 is 5.97 Å². The first-order valence-corrected chi connectivity index (χ1v) is 5.95. The van der Waals surface area contributed by atoms with E-state index in [0.717, 1.165) is 24.8 Å². The molecule has 4 nitrogen and oxygen atoms in total. The highest BCUT2D eigenvalue weighted by Crippen LogP contribution is 2.36. The number of esters is 1. The lowest BCUT2D eigenvalue weighted by molar-refractivity contribution is -0.141. The van der Waals surface area contributed by atoms with Crippen molar-refractivity contribution in [3.63, 3.8) is 0 Å². The van der Waals surface area contributed by atoms with E-state index in [4.69, 9.17) is 4.74 Å². The second-order valence-corrected chi connectivity index (χ2v) is 4.53. The Morgan fingerprint density at radius 2 is 2.19 bits per heavy atom. The molecule has 0 unspecified atom stereocenters. The van der Waals surface area contributed by atoms with Gasteiger partial charge in [-0.25, -0.2) is 4.79 Å². The normalized spacial score (nSPS) is 33.9. The standard InChI is InChI=1S/C12H18O4/c1-2-3-4-9-7-5-6-8(13)11(14)10(7)12(15)16-9/h8-9,11,13-14H,2-6H2,1H3/t8-,9+,11+/m0/s1. The summed E-state index contributed by atoms with van der Waals surface area (Å²) in [6, 6.07) is 0. The van der Waals surface area contributed by atoms with E-state index in [1.807, 2.05) is 0 Å². The average Bonchev–Trinajstić information content (AvgIpc) is 2.58. The van der Waals surface area contributed by atoms with Crippen molar-refractivity contribution in [2.24, 2.45) is 0 Å². The molecule has 0 saturated carbocycles. The first-order chi connectivity index (χ1) is 7.65. The Hall–Kier alpha value is -0.870. The third-order valence-corrected chi connectivity index (χ3v) is 3.39. The first-order valence-electron chi connectivity index (χ1n) is 5.95. The minimum atomic E-state index is -1.05. The minimum Gasteiger partial charge on any atom is -0.454 e. The van der Waals surface area contributed by atoms with Crippen LogP contribution in [0.1, 0.15) is 39.0 Å². The van der Waals surface area contributed by atoms with Crippen LogP contribution in [-0.4, -0.2) is 34.5 Å². The zero-order valence-corrected chi connectivity index (χ0v) is 9.48. The molecule has 2 N–H and O–H groups in total. The fourth-order valence-corrected chi connectivity index (χ4v) is 2.45. The maximum Gasteiger partial charge on any atom is 0.337 e. The van der Waals surface area contributed by atoms with Crippen molar-refractivity contribution in [1.82, 2.24) is 0 Å². The Morgan fingerprint density at radius 3 is 2.88 bits per heavy atom. The fraction of sp³-hybridized carbons (Fsp3) is 0.750. The molecule has 2 rings (SSSR count). The van der Waals surface area contributed by atoms with Crippen LogP contribution in [0.4, 0.5) is 0 Å². The van der Waals surface area contributed by atoms with Crippen LogP contribution < -0.4 is 0 Å². The number of aliphatic hydroxyl groups excluding tert-OH is 2. The maximum atomic E-state index is 11.6. The molecular weight excluding hydrogens is 208 g/mol. The van der Waals surface area contributed by atoms with Crippen molar-refractivity contribution in [1.29, 1.82) is 0 Å². The lowest BCUT2D eigenvalue weighted by atomic mass is 9.85. The van der Waals surface area contributed by atoms with E-state index in [0.29, 0.717) is 18.4 Å². The number of hydrogen-bond acceptors (Lipinski definition) is 4. The van der Waals surface area contributed by atoms with Crippen molar-refractivity contribution in [2.45, 2.75) is 57.3 Å². The molecule has 0 aromatic carbocycles. The van der Waals surface area contributed by atoms with E-state index in [1.165, 1.54) is 0 Å². The minimum absolute atomic E-state index is 0.162. The number of unbranched alkanes of at least 4 members (excludes halogenated alkanes) is 1. The highest BCUT2D eigenvalue weighted by Gasteiger charge is 2.42. The van der Waals surface area contributed by atoms with Gasteiger partial charge >= 0.3 is 5.97 Å². The predicted molar refractivity (Wildman–Crippen MR) is 57.7 cm³/mol. The van der Waals surface area contributed by atoms with Crippen LogP contribution in [-0.2, 0) is 9.53 Å². The van der Waals surface area contributed by atoms with Gasteiger partial charge in [0.1, 0.15) is 12.2 Å². The number of hydrogen-bond donors (Lipinski definition) is 2. The summed E-state index contributed by atoms with van der Waals surface area (Å²) in [5.74, 6) is -0.442. The van der Waals surface area contributed by atoms with Gasteiger partial charge in [0.2, 0.25) is 0 Å². The van der Waals surface area contributed by atoms with Gasteiger partial charge < -0.3 is 14.9 Å². The molecule has 0 bridgehead atoms. The summed E-state index contributed by atoms with van der Waals surface area (Å²) in [5, 5.41) is 19.3. The van der Waals surface area contributed by atoms with Gasteiger partial charge in [0.25, 0.3) is 0 Å². The lowest BCUT2D eigenvalue weighted by Gasteiger charge is -2.24. The highest BCUT2D eigenvalue weighted by molar-refractivity contribution is 5.93. The number of aliphatic hydroxyl groups is 2. The smallest absolute Gasteiger partial charge is 0.337 e. The first kappa shape index (κ1) is 11.6. The molecule has 1 aliphatic heterocycles. The van der Waals surface area contributed by atoms with Crippen molar-refractivity contribution < 1.29 is 19.7 Å². The van der Waals surface area contributed by atoms with E-state index in [1.54, 1.807) is 0 Å². The Morgan fingerprint density at radius 1 is 1.44 bits per heavy atom. The fourth-order valence-electron chi connectivity index (χ4n) is 2.45. The highest BCUT2D eigenvalue weighted by atomic mass is 16.5. The largest absolute Gasteiger partial charge is 0.454 e. The molecule has 1 aliphatic carbocycles. The summed E-state index contributed by atoms with van der Waals surface area (Å²) in [7, 11) is 0. The molecule has 90 valence electrons. The van der Waals surface area contributed by atoms with Crippen LogP contribution in [0.3, 0.4) is 0 Å². The third kappa shape index (κ3) is 1.87. The zero-order valence-electron chi connectivity index (χ0n) is 9.48. The Bertz CT molecular complexity index is 321. The summed E-state index contributed by atoms with van der Waals surface area (Å²) in [6.07, 6.45) is 2.02. The molecule has 2 aliphatic rings. The van der Waals surface area contributed by atoms with Crippen molar-refractivity contribution in [3.05, 3.63) is 11.1 Å². The molecule has 16 heavy (non-hydrogen) atoms. The molecule has 0 saturated heterocycles. The molecule has 0 amide bonds. The van der Waals surface area contributed by atoms with E-state index in [2.05, 4.69) is 6.92 Å². The van der Waals surface area contributed by atoms with Crippen molar-refractivity contribution in [2.75, 3.05) is 0 Å². The SMILES string of the molecule is CCCC[C@H]1OC(=O)C2=C1CC[C@H](O)[C@H]2O. The molecule has 0 aromatic rings. The zero-order chi connectivity index (χ0) is 11.7. The van der Waals surface area contributed by atoms with Gasteiger partial charge in [-0.1, -0.05) is 13.3 Å². The van der Waals surface area contributed by atoms with E-state index in [9.17, 15) is 15.0 Å². The molecule has 3 atom stereocenters.